The van der Waals surface area contributed by atoms with Crippen LogP contribution in [0.1, 0.15) is 21.1 Å². The van der Waals surface area contributed by atoms with E-state index in [1.54, 1.807) is 12.3 Å². The fourth-order valence-corrected chi connectivity index (χ4v) is 3.32. The van der Waals surface area contributed by atoms with Gasteiger partial charge >= 0.3 is 6.18 Å². The second-order valence-corrected chi connectivity index (χ2v) is 6.34. The average molecular weight is 343 g/mol. The first-order valence-electron chi connectivity index (χ1n) is 6.04. The number of benzene rings is 1. The number of halogens is 3. The van der Waals surface area contributed by atoms with E-state index in [1.807, 2.05) is 0 Å². The lowest BCUT2D eigenvalue weighted by Crippen LogP contribution is -2.11. The quantitative estimate of drug-likeness (QED) is 0.753. The summed E-state index contributed by atoms with van der Waals surface area (Å²) in [5, 5.41) is 3.93. The number of carbonyl (C=O) groups excluding carboxylic acids is 1. The number of fused-ring (bicyclic) bond motifs is 1. The lowest BCUT2D eigenvalue weighted by atomic mass is 10.2. The zero-order valence-electron chi connectivity index (χ0n) is 11.1. The van der Waals surface area contributed by atoms with Crippen LogP contribution in [-0.2, 0) is 6.18 Å². The Hall–Kier alpha value is -2.00. The van der Waals surface area contributed by atoms with Gasteiger partial charge in [-0.25, -0.2) is 9.97 Å². The van der Waals surface area contributed by atoms with Crippen LogP contribution in [-0.4, -0.2) is 15.9 Å². The lowest BCUT2D eigenvalue weighted by Gasteiger charge is -2.01. The summed E-state index contributed by atoms with van der Waals surface area (Å²) in [7, 11) is 0. The normalized spacial score (nSPS) is 11.8. The SMILES string of the molecule is Cc1csc(NC(=O)c2ccc3nc(C(F)(F)F)sc3c2)n1. The van der Waals surface area contributed by atoms with Crippen molar-refractivity contribution in [2.75, 3.05) is 5.32 Å². The highest BCUT2D eigenvalue weighted by molar-refractivity contribution is 7.18. The number of hydrogen-bond donors (Lipinski definition) is 1. The minimum absolute atomic E-state index is 0.221. The largest absolute Gasteiger partial charge is 0.443 e. The van der Waals surface area contributed by atoms with Crippen LogP contribution in [0.15, 0.2) is 23.6 Å². The van der Waals surface area contributed by atoms with E-state index in [0.717, 1.165) is 5.69 Å². The number of rotatable bonds is 2. The molecule has 0 unspecified atom stereocenters. The van der Waals surface area contributed by atoms with Crippen LogP contribution in [0.2, 0.25) is 0 Å². The smallest absolute Gasteiger partial charge is 0.298 e. The number of thiazole rings is 2. The van der Waals surface area contributed by atoms with Gasteiger partial charge in [-0.05, 0) is 25.1 Å². The molecule has 9 heteroatoms. The molecule has 3 rings (SSSR count). The Morgan fingerprint density at radius 3 is 2.68 bits per heavy atom. The highest BCUT2D eigenvalue weighted by atomic mass is 32.1. The van der Waals surface area contributed by atoms with Crippen LogP contribution in [0.5, 0.6) is 0 Å². The molecular weight excluding hydrogens is 335 g/mol. The Morgan fingerprint density at radius 2 is 2.05 bits per heavy atom. The van der Waals surface area contributed by atoms with E-state index in [9.17, 15) is 18.0 Å². The molecule has 0 spiro atoms. The first-order valence-corrected chi connectivity index (χ1v) is 7.74. The molecule has 0 saturated carbocycles. The van der Waals surface area contributed by atoms with Crippen molar-refractivity contribution in [3.8, 4) is 0 Å². The van der Waals surface area contributed by atoms with Crippen LogP contribution in [0, 0.1) is 6.92 Å². The Balaban J connectivity index is 1.89. The van der Waals surface area contributed by atoms with E-state index in [4.69, 9.17) is 0 Å². The van der Waals surface area contributed by atoms with Gasteiger partial charge in [0, 0.05) is 10.9 Å². The van der Waals surface area contributed by atoms with Crippen molar-refractivity contribution in [2.45, 2.75) is 13.1 Å². The molecule has 114 valence electrons. The minimum Gasteiger partial charge on any atom is -0.298 e. The first-order chi connectivity index (χ1) is 10.3. The maximum atomic E-state index is 12.6. The van der Waals surface area contributed by atoms with E-state index < -0.39 is 17.1 Å². The highest BCUT2D eigenvalue weighted by Crippen LogP contribution is 2.35. The molecule has 0 aliphatic rings. The Morgan fingerprint density at radius 1 is 1.27 bits per heavy atom. The molecule has 1 N–H and O–H groups in total. The fraction of sp³-hybridized carbons (Fsp3) is 0.154. The van der Waals surface area contributed by atoms with E-state index >= 15 is 0 Å². The molecule has 1 amide bonds. The molecule has 0 aliphatic carbocycles. The van der Waals surface area contributed by atoms with Crippen molar-refractivity contribution in [3.63, 3.8) is 0 Å². The standard InChI is InChI=1S/C13H8F3N3OS2/c1-6-5-21-12(17-6)19-10(20)7-2-3-8-9(4-7)22-11(18-8)13(14,15)16/h2-5H,1H3,(H,17,19,20). The Bertz CT molecular complexity index is 854. The molecule has 1 aromatic carbocycles. The van der Waals surface area contributed by atoms with Gasteiger partial charge in [-0.15, -0.1) is 22.7 Å². The van der Waals surface area contributed by atoms with Gasteiger partial charge in [-0.2, -0.15) is 13.2 Å². The number of aryl methyl sites for hydroxylation is 1. The predicted molar refractivity (Wildman–Crippen MR) is 79.4 cm³/mol. The van der Waals surface area contributed by atoms with Crippen molar-refractivity contribution in [2.24, 2.45) is 0 Å². The summed E-state index contributed by atoms with van der Waals surface area (Å²) >= 11 is 1.80. The van der Waals surface area contributed by atoms with Gasteiger partial charge in [-0.3, -0.25) is 10.1 Å². The minimum atomic E-state index is -4.48. The van der Waals surface area contributed by atoms with Crippen LogP contribution < -0.4 is 5.32 Å². The number of hydrogen-bond acceptors (Lipinski definition) is 5. The maximum absolute atomic E-state index is 12.6. The predicted octanol–water partition coefficient (Wildman–Crippen LogP) is 4.33. The zero-order valence-corrected chi connectivity index (χ0v) is 12.7. The zero-order chi connectivity index (χ0) is 15.9. The van der Waals surface area contributed by atoms with E-state index in [0.29, 0.717) is 21.2 Å². The number of alkyl halides is 3. The summed E-state index contributed by atoms with van der Waals surface area (Å²) in [6.45, 7) is 1.80. The summed E-state index contributed by atoms with van der Waals surface area (Å²) < 4.78 is 38.2. The number of amides is 1. The molecule has 2 heterocycles. The lowest BCUT2D eigenvalue weighted by molar-refractivity contribution is -0.137. The number of anilines is 1. The molecule has 0 atom stereocenters. The fourth-order valence-electron chi connectivity index (χ4n) is 1.77. The summed E-state index contributed by atoms with van der Waals surface area (Å²) in [6, 6.07) is 4.25. The molecule has 0 saturated heterocycles. The molecule has 0 fully saturated rings. The van der Waals surface area contributed by atoms with Crippen LogP contribution >= 0.6 is 22.7 Å². The summed E-state index contributed by atoms with van der Waals surface area (Å²) in [5.74, 6) is -0.418. The summed E-state index contributed by atoms with van der Waals surface area (Å²) in [5.41, 5.74) is 1.27. The third kappa shape index (κ3) is 2.95. The molecule has 2 aromatic heterocycles. The maximum Gasteiger partial charge on any atom is 0.443 e. The molecular formula is C13H8F3N3OS2. The molecule has 3 aromatic rings. The number of nitrogens with zero attached hydrogens (tertiary/aromatic N) is 2. The van der Waals surface area contributed by atoms with Crippen molar-refractivity contribution >= 4 is 43.9 Å². The Kier molecular flexibility index (Phi) is 3.61. The van der Waals surface area contributed by atoms with Gasteiger partial charge in [0.1, 0.15) is 0 Å². The van der Waals surface area contributed by atoms with Crippen molar-refractivity contribution in [1.82, 2.24) is 9.97 Å². The second-order valence-electron chi connectivity index (χ2n) is 4.45. The summed E-state index contributed by atoms with van der Waals surface area (Å²) in [4.78, 5) is 19.7. The Labute approximate surface area is 130 Å². The van der Waals surface area contributed by atoms with Crippen molar-refractivity contribution < 1.29 is 18.0 Å². The third-order valence-electron chi connectivity index (χ3n) is 2.73. The number of aromatic nitrogens is 2. The number of carbonyl (C=O) groups is 1. The molecule has 0 aliphatic heterocycles. The van der Waals surface area contributed by atoms with Gasteiger partial charge in [-0.1, -0.05) is 0 Å². The number of nitrogens with one attached hydrogen (secondary N) is 1. The molecule has 0 radical (unpaired) electrons. The molecule has 22 heavy (non-hydrogen) atoms. The molecule has 4 nitrogen and oxygen atoms in total. The highest BCUT2D eigenvalue weighted by Gasteiger charge is 2.34. The van der Waals surface area contributed by atoms with Gasteiger partial charge in [0.15, 0.2) is 10.1 Å². The summed E-state index contributed by atoms with van der Waals surface area (Å²) in [6.07, 6.45) is -4.48. The van der Waals surface area contributed by atoms with Crippen LogP contribution in [0.25, 0.3) is 10.2 Å². The van der Waals surface area contributed by atoms with Gasteiger partial charge < -0.3 is 0 Å². The van der Waals surface area contributed by atoms with E-state index in [2.05, 4.69) is 15.3 Å². The molecule has 0 bridgehead atoms. The van der Waals surface area contributed by atoms with Crippen molar-refractivity contribution in [1.29, 1.82) is 0 Å². The van der Waals surface area contributed by atoms with E-state index in [-0.39, 0.29) is 11.1 Å². The van der Waals surface area contributed by atoms with Gasteiger partial charge in [0.2, 0.25) is 0 Å². The van der Waals surface area contributed by atoms with Crippen LogP contribution in [0.4, 0.5) is 18.3 Å². The average Bonchev–Trinajstić information content (AvgIpc) is 3.03. The topological polar surface area (TPSA) is 54.9 Å². The van der Waals surface area contributed by atoms with Crippen LogP contribution in [0.3, 0.4) is 0 Å². The first kappa shape index (κ1) is 14.9. The van der Waals surface area contributed by atoms with Gasteiger partial charge in [0.25, 0.3) is 5.91 Å². The monoisotopic (exact) mass is 343 g/mol. The van der Waals surface area contributed by atoms with Crippen molar-refractivity contribution in [3.05, 3.63) is 39.8 Å². The third-order valence-corrected chi connectivity index (χ3v) is 4.67. The van der Waals surface area contributed by atoms with E-state index in [1.165, 1.54) is 29.5 Å². The van der Waals surface area contributed by atoms with Gasteiger partial charge in [0.05, 0.1) is 15.9 Å². The second kappa shape index (κ2) is 5.33.